The number of primary amides is 1. The van der Waals surface area contributed by atoms with Crippen LogP contribution in [0.25, 0.3) is 0 Å². The lowest BCUT2D eigenvalue weighted by Gasteiger charge is -2.52. The number of ether oxygens (including phenoxy) is 1. The topological polar surface area (TPSA) is 144 Å². The maximum atomic E-state index is 12.7. The lowest BCUT2D eigenvalue weighted by atomic mass is 9.62. The predicted molar refractivity (Wildman–Crippen MR) is 119 cm³/mol. The minimum Gasteiger partial charge on any atom is -0.440 e. The van der Waals surface area contributed by atoms with Crippen molar-refractivity contribution in [1.82, 2.24) is 15.2 Å². The van der Waals surface area contributed by atoms with Crippen LogP contribution in [0, 0.1) is 11.3 Å². The summed E-state index contributed by atoms with van der Waals surface area (Å²) in [5.41, 5.74) is 3.37. The van der Waals surface area contributed by atoms with Crippen LogP contribution in [0.2, 0.25) is 5.02 Å². The molecular formula is C21H30ClN5O5. The molecule has 4 amide bonds. The van der Waals surface area contributed by atoms with Crippen LogP contribution in [0.15, 0.2) is 18.3 Å². The second kappa shape index (κ2) is 9.72. The van der Waals surface area contributed by atoms with Crippen LogP contribution >= 0.6 is 11.6 Å². The first-order valence-corrected chi connectivity index (χ1v) is 10.6. The molecule has 32 heavy (non-hydrogen) atoms. The Bertz CT molecular complexity index is 884. The lowest BCUT2D eigenvalue weighted by Crippen LogP contribution is -2.66. The molecule has 0 unspecified atom stereocenters. The van der Waals surface area contributed by atoms with Gasteiger partial charge < -0.3 is 26.0 Å². The van der Waals surface area contributed by atoms with Crippen LogP contribution in [0.1, 0.15) is 40.0 Å². The predicted octanol–water partition coefficient (Wildman–Crippen LogP) is 1.93. The molecule has 0 spiro atoms. The first kappa shape index (κ1) is 25.4. The summed E-state index contributed by atoms with van der Waals surface area (Å²) < 4.78 is 5.62. The van der Waals surface area contributed by atoms with Gasteiger partial charge in [-0.15, -0.1) is 0 Å². The Hall–Kier alpha value is -2.88. The van der Waals surface area contributed by atoms with Crippen LogP contribution in [0.5, 0.6) is 0 Å². The molecule has 0 saturated heterocycles. The Labute approximate surface area is 192 Å². The maximum absolute atomic E-state index is 12.7. The van der Waals surface area contributed by atoms with E-state index in [9.17, 15) is 19.2 Å². The highest BCUT2D eigenvalue weighted by Gasteiger charge is 2.56. The number of hydrogen-bond donors (Lipinski definition) is 3. The van der Waals surface area contributed by atoms with E-state index in [0.29, 0.717) is 17.9 Å². The van der Waals surface area contributed by atoms with Crippen LogP contribution < -0.4 is 16.4 Å². The average Bonchev–Trinajstić information content (AvgIpc) is 2.68. The molecule has 1 aromatic heterocycles. The van der Waals surface area contributed by atoms with Gasteiger partial charge in [-0.2, -0.15) is 0 Å². The highest BCUT2D eigenvalue weighted by atomic mass is 35.5. The molecule has 1 heterocycles. The van der Waals surface area contributed by atoms with Gasteiger partial charge in [0.25, 0.3) is 0 Å². The van der Waals surface area contributed by atoms with Crippen molar-refractivity contribution >= 4 is 41.2 Å². The molecule has 2 rings (SSSR count). The number of nitrogens with two attached hydrogens (primary N) is 1. The van der Waals surface area contributed by atoms with Crippen molar-refractivity contribution in [2.45, 2.75) is 51.7 Å². The quantitative estimate of drug-likeness (QED) is 0.577. The van der Waals surface area contributed by atoms with Crippen molar-refractivity contribution in [2.75, 3.05) is 19.4 Å². The third-order valence-corrected chi connectivity index (χ3v) is 5.96. The Balaban J connectivity index is 2.29. The Morgan fingerprint density at radius 3 is 2.34 bits per heavy atom. The summed E-state index contributed by atoms with van der Waals surface area (Å²) in [6.45, 7) is 5.49. The second-order valence-electron chi connectivity index (χ2n) is 9.11. The number of amides is 4. The Kier molecular flexibility index (Phi) is 7.71. The second-order valence-corrected chi connectivity index (χ2v) is 9.55. The number of rotatable bonds is 4. The summed E-state index contributed by atoms with van der Waals surface area (Å²) in [7, 11) is 3.30. The number of aromatic nitrogens is 1. The number of anilines is 1. The highest BCUT2D eigenvalue weighted by molar-refractivity contribution is 6.39. The molecule has 10 nitrogen and oxygen atoms in total. The number of pyridine rings is 1. The average molecular weight is 468 g/mol. The maximum Gasteiger partial charge on any atom is 0.405 e. The van der Waals surface area contributed by atoms with E-state index in [0.717, 1.165) is 0 Å². The zero-order valence-corrected chi connectivity index (χ0v) is 19.7. The molecule has 1 fully saturated rings. The minimum absolute atomic E-state index is 0.108. The molecule has 11 heteroatoms. The summed E-state index contributed by atoms with van der Waals surface area (Å²) in [6.07, 6.45) is 1.23. The van der Waals surface area contributed by atoms with Crippen molar-refractivity contribution in [3.8, 4) is 0 Å². The summed E-state index contributed by atoms with van der Waals surface area (Å²) in [5, 5.41) is 5.46. The molecular weight excluding hydrogens is 438 g/mol. The van der Waals surface area contributed by atoms with Gasteiger partial charge in [-0.1, -0.05) is 32.4 Å². The molecule has 0 radical (unpaired) electrons. The molecule has 1 saturated carbocycles. The normalized spacial score (nSPS) is 23.1. The minimum atomic E-state index is -1.30. The van der Waals surface area contributed by atoms with Crippen molar-refractivity contribution in [2.24, 2.45) is 17.1 Å². The zero-order valence-electron chi connectivity index (χ0n) is 18.9. The number of hydrogen-bond acceptors (Lipinski definition) is 6. The van der Waals surface area contributed by atoms with E-state index in [1.165, 1.54) is 23.2 Å². The third-order valence-electron chi connectivity index (χ3n) is 5.74. The van der Waals surface area contributed by atoms with Crippen LogP contribution in [0.4, 0.5) is 10.6 Å². The highest BCUT2D eigenvalue weighted by Crippen LogP contribution is 2.47. The number of carbonyl (C=O) groups is 4. The first-order valence-electron chi connectivity index (χ1n) is 10.2. The van der Waals surface area contributed by atoms with Crippen molar-refractivity contribution in [3.63, 3.8) is 0 Å². The number of carbonyl (C=O) groups excluding carboxylic acids is 4. The van der Waals surface area contributed by atoms with E-state index < -0.39 is 40.9 Å². The molecule has 4 N–H and O–H groups in total. The number of nitrogens with zero attached hydrogens (tertiary/aromatic N) is 2. The van der Waals surface area contributed by atoms with Crippen LogP contribution in [0.3, 0.4) is 0 Å². The van der Waals surface area contributed by atoms with Gasteiger partial charge in [0.05, 0.1) is 11.1 Å². The van der Waals surface area contributed by atoms with E-state index in [2.05, 4.69) is 15.6 Å². The SMILES string of the molecule is CN(C)C(=O)[C@H]1CC[C@H](NC(=O)C(=O)Nc2ccc(Cl)cn2)[C@](OC(N)=O)(C(C)(C)C)C1. The van der Waals surface area contributed by atoms with Gasteiger partial charge in [0.15, 0.2) is 0 Å². The standard InChI is InChI=1S/C21H30ClN5O5/c1-20(2,3)21(32-19(23)31)10-12(18(30)27(4)5)6-8-14(21)25-16(28)17(29)26-15-9-7-13(22)11-24-15/h7,9,11-12,14H,6,8,10H2,1-5H3,(H2,23,31)(H,25,28)(H,24,26,29)/t12-,14-,21-/m0/s1. The van der Waals surface area contributed by atoms with E-state index in [-0.39, 0.29) is 18.1 Å². The molecule has 0 bridgehead atoms. The van der Waals surface area contributed by atoms with Crippen molar-refractivity contribution < 1.29 is 23.9 Å². The van der Waals surface area contributed by atoms with Crippen molar-refractivity contribution in [3.05, 3.63) is 23.4 Å². The van der Waals surface area contributed by atoms with Gasteiger partial charge in [-0.25, -0.2) is 9.78 Å². The van der Waals surface area contributed by atoms with E-state index in [4.69, 9.17) is 22.1 Å². The van der Waals surface area contributed by atoms with Gasteiger partial charge in [0.2, 0.25) is 5.91 Å². The zero-order chi connectivity index (χ0) is 24.3. The fourth-order valence-corrected chi connectivity index (χ4v) is 4.21. The van der Waals surface area contributed by atoms with Crippen LogP contribution in [-0.4, -0.2) is 59.4 Å². The molecule has 0 aromatic carbocycles. The largest absolute Gasteiger partial charge is 0.440 e. The molecule has 3 atom stereocenters. The lowest BCUT2D eigenvalue weighted by molar-refractivity contribution is -0.154. The molecule has 0 aliphatic heterocycles. The number of nitrogens with one attached hydrogen (secondary N) is 2. The molecule has 176 valence electrons. The fourth-order valence-electron chi connectivity index (χ4n) is 4.10. The van der Waals surface area contributed by atoms with Gasteiger partial charge in [-0.05, 0) is 25.0 Å². The first-order chi connectivity index (χ1) is 14.8. The summed E-state index contributed by atoms with van der Waals surface area (Å²) in [5.74, 6) is -2.24. The molecule has 1 aliphatic rings. The molecule has 1 aromatic rings. The summed E-state index contributed by atoms with van der Waals surface area (Å²) in [6, 6.07) is 2.25. The van der Waals surface area contributed by atoms with Gasteiger partial charge in [0, 0.05) is 38.0 Å². The van der Waals surface area contributed by atoms with E-state index in [1.807, 2.05) is 20.8 Å². The smallest absolute Gasteiger partial charge is 0.405 e. The fraction of sp³-hybridized carbons (Fsp3) is 0.571. The van der Waals surface area contributed by atoms with Gasteiger partial charge in [0.1, 0.15) is 11.4 Å². The Morgan fingerprint density at radius 2 is 1.84 bits per heavy atom. The Morgan fingerprint density at radius 1 is 1.19 bits per heavy atom. The third kappa shape index (κ3) is 5.67. The van der Waals surface area contributed by atoms with E-state index >= 15 is 0 Å². The monoisotopic (exact) mass is 467 g/mol. The van der Waals surface area contributed by atoms with Gasteiger partial charge >= 0.3 is 17.9 Å². The van der Waals surface area contributed by atoms with Crippen LogP contribution in [-0.2, 0) is 19.1 Å². The van der Waals surface area contributed by atoms with Crippen molar-refractivity contribution in [1.29, 1.82) is 0 Å². The number of halogens is 1. The molecule has 1 aliphatic carbocycles. The summed E-state index contributed by atoms with van der Waals surface area (Å²) in [4.78, 5) is 55.0. The summed E-state index contributed by atoms with van der Waals surface area (Å²) >= 11 is 5.78. The van der Waals surface area contributed by atoms with Gasteiger partial charge in [-0.3, -0.25) is 14.4 Å². The van der Waals surface area contributed by atoms with E-state index in [1.54, 1.807) is 14.1 Å².